The van der Waals surface area contributed by atoms with Gasteiger partial charge in [-0.15, -0.1) is 0 Å². The average molecular weight is 419 g/mol. The van der Waals surface area contributed by atoms with E-state index >= 15 is 0 Å². The summed E-state index contributed by atoms with van der Waals surface area (Å²) >= 11 is 1.72. The molecule has 0 spiro atoms. The van der Waals surface area contributed by atoms with Crippen LogP contribution in [0.25, 0.3) is 0 Å². The van der Waals surface area contributed by atoms with Crippen LogP contribution in [0.1, 0.15) is 39.0 Å². The smallest absolute Gasteiger partial charge is 0.245 e. The highest BCUT2D eigenvalue weighted by atomic mass is 32.2. The Labute approximate surface area is 178 Å². The summed E-state index contributed by atoms with van der Waals surface area (Å²) in [6.45, 7) is 5.13. The summed E-state index contributed by atoms with van der Waals surface area (Å²) in [5.74, 6) is 2.74. The molecular formula is C22H34N4O2S. The fourth-order valence-corrected chi connectivity index (χ4v) is 4.69. The number of amides is 2. The van der Waals surface area contributed by atoms with Gasteiger partial charge in [-0.1, -0.05) is 13.0 Å². The van der Waals surface area contributed by atoms with Crippen LogP contribution in [0.5, 0.6) is 0 Å². The lowest BCUT2D eigenvalue weighted by molar-refractivity contribution is -0.138. The first kappa shape index (κ1) is 21.9. The Morgan fingerprint density at radius 3 is 2.52 bits per heavy atom. The monoisotopic (exact) mass is 418 g/mol. The number of piperazine rings is 1. The summed E-state index contributed by atoms with van der Waals surface area (Å²) in [5.41, 5.74) is 0. The molecule has 0 bridgehead atoms. The number of rotatable bonds is 7. The summed E-state index contributed by atoms with van der Waals surface area (Å²) in [5, 5.41) is 3.11. The largest absolute Gasteiger partial charge is 0.353 e. The Morgan fingerprint density at radius 1 is 1.17 bits per heavy atom. The number of anilines is 1. The highest BCUT2D eigenvalue weighted by Crippen LogP contribution is 2.28. The second-order valence-electron chi connectivity index (χ2n) is 8.30. The zero-order chi connectivity index (χ0) is 20.6. The van der Waals surface area contributed by atoms with Gasteiger partial charge in [0.1, 0.15) is 11.9 Å². The zero-order valence-electron chi connectivity index (χ0n) is 17.7. The number of nitrogens with one attached hydrogen (secondary N) is 1. The van der Waals surface area contributed by atoms with Crippen LogP contribution in [0, 0.1) is 11.8 Å². The van der Waals surface area contributed by atoms with Gasteiger partial charge in [0.25, 0.3) is 0 Å². The van der Waals surface area contributed by atoms with Crippen molar-refractivity contribution in [3.05, 3.63) is 24.4 Å². The first-order valence-electron chi connectivity index (χ1n) is 10.8. The maximum Gasteiger partial charge on any atom is 0.245 e. The van der Waals surface area contributed by atoms with Crippen LogP contribution in [0.3, 0.4) is 0 Å². The molecule has 1 aliphatic carbocycles. The number of thioether (sulfide) groups is 1. The lowest BCUT2D eigenvalue weighted by atomic mass is 9.82. The van der Waals surface area contributed by atoms with Crippen molar-refractivity contribution in [3.8, 4) is 0 Å². The van der Waals surface area contributed by atoms with Crippen LogP contribution < -0.4 is 10.2 Å². The number of hydrogen-bond donors (Lipinski definition) is 1. The van der Waals surface area contributed by atoms with Crippen molar-refractivity contribution in [2.45, 2.75) is 45.1 Å². The molecule has 1 aromatic heterocycles. The molecule has 160 valence electrons. The Kier molecular flexibility index (Phi) is 8.21. The fraction of sp³-hybridized carbons (Fsp3) is 0.682. The molecule has 2 amide bonds. The molecule has 0 radical (unpaired) electrons. The Bertz CT molecular complexity index is 656. The lowest BCUT2D eigenvalue weighted by Crippen LogP contribution is -2.56. The van der Waals surface area contributed by atoms with E-state index in [0.29, 0.717) is 25.4 Å². The molecular weight excluding hydrogens is 384 g/mol. The van der Waals surface area contributed by atoms with Crippen LogP contribution >= 0.6 is 11.8 Å². The highest BCUT2D eigenvalue weighted by Gasteiger charge is 2.31. The van der Waals surface area contributed by atoms with E-state index in [1.807, 2.05) is 29.4 Å². The van der Waals surface area contributed by atoms with E-state index in [2.05, 4.69) is 22.1 Å². The summed E-state index contributed by atoms with van der Waals surface area (Å²) in [4.78, 5) is 34.5. The Hall–Kier alpha value is -1.76. The molecule has 29 heavy (non-hydrogen) atoms. The van der Waals surface area contributed by atoms with Crippen molar-refractivity contribution in [1.82, 2.24) is 15.2 Å². The molecule has 2 fully saturated rings. The van der Waals surface area contributed by atoms with E-state index in [9.17, 15) is 9.59 Å². The molecule has 1 aromatic rings. The predicted octanol–water partition coefficient (Wildman–Crippen LogP) is 2.79. The van der Waals surface area contributed by atoms with Gasteiger partial charge in [0, 0.05) is 38.3 Å². The topological polar surface area (TPSA) is 65.5 Å². The minimum absolute atomic E-state index is 0.0665. The number of carbonyl (C=O) groups excluding carboxylic acids is 2. The molecule has 3 rings (SSSR count). The standard InChI is InChI=1S/C22H34N4O2S/c1-17-6-8-18(9-7-17)21(27)24-19(10-16-29-2)22(28)26-14-12-25(13-15-26)20-5-3-4-11-23-20/h3-5,11,17-19H,6-10,12-16H2,1-2H3,(H,24,27)/t17?,18?,19-/m0/s1. The first-order chi connectivity index (χ1) is 14.1. The molecule has 0 aromatic carbocycles. The number of carbonyl (C=O) groups is 2. The quantitative estimate of drug-likeness (QED) is 0.738. The normalized spacial score (nSPS) is 23.5. The van der Waals surface area contributed by atoms with E-state index < -0.39 is 6.04 Å². The Balaban J connectivity index is 1.55. The molecule has 7 heteroatoms. The van der Waals surface area contributed by atoms with Crippen LogP contribution in [-0.4, -0.2) is 65.9 Å². The van der Waals surface area contributed by atoms with Crippen LogP contribution in [0.15, 0.2) is 24.4 Å². The molecule has 0 unspecified atom stereocenters. The maximum atomic E-state index is 13.2. The first-order valence-corrected chi connectivity index (χ1v) is 12.2. The van der Waals surface area contributed by atoms with Crippen LogP contribution in [0.2, 0.25) is 0 Å². The SMILES string of the molecule is CSCC[C@H](NC(=O)C1CCC(C)CC1)C(=O)N1CCN(c2ccccn2)CC1. The molecule has 6 nitrogen and oxygen atoms in total. The zero-order valence-corrected chi connectivity index (χ0v) is 18.5. The molecule has 2 heterocycles. The molecule has 2 aliphatic rings. The Morgan fingerprint density at radius 2 is 1.90 bits per heavy atom. The van der Waals surface area contributed by atoms with Crippen molar-refractivity contribution >= 4 is 29.4 Å². The third-order valence-corrected chi connectivity index (χ3v) is 6.82. The van der Waals surface area contributed by atoms with Gasteiger partial charge >= 0.3 is 0 Å². The molecule has 1 saturated heterocycles. The van der Waals surface area contributed by atoms with Crippen LogP contribution in [0.4, 0.5) is 5.82 Å². The summed E-state index contributed by atoms with van der Waals surface area (Å²) in [6, 6.07) is 5.50. The number of hydrogen-bond acceptors (Lipinski definition) is 5. The van der Waals surface area contributed by atoms with Gasteiger partial charge in [-0.25, -0.2) is 4.98 Å². The van der Waals surface area contributed by atoms with Crippen molar-refractivity contribution in [2.75, 3.05) is 43.1 Å². The van der Waals surface area contributed by atoms with E-state index in [0.717, 1.165) is 50.3 Å². The highest BCUT2D eigenvalue weighted by molar-refractivity contribution is 7.98. The maximum absolute atomic E-state index is 13.2. The average Bonchev–Trinajstić information content (AvgIpc) is 2.77. The van der Waals surface area contributed by atoms with Crippen molar-refractivity contribution in [2.24, 2.45) is 11.8 Å². The van der Waals surface area contributed by atoms with E-state index in [4.69, 9.17) is 0 Å². The predicted molar refractivity (Wildman–Crippen MR) is 119 cm³/mol. The van der Waals surface area contributed by atoms with Gasteiger partial charge in [-0.05, 0) is 62.2 Å². The second kappa shape index (κ2) is 10.9. The van der Waals surface area contributed by atoms with Gasteiger partial charge in [0.05, 0.1) is 0 Å². The van der Waals surface area contributed by atoms with Gasteiger partial charge in [-0.3, -0.25) is 9.59 Å². The number of aromatic nitrogens is 1. The van der Waals surface area contributed by atoms with E-state index in [-0.39, 0.29) is 17.7 Å². The van der Waals surface area contributed by atoms with Gasteiger partial charge < -0.3 is 15.1 Å². The molecule has 1 saturated carbocycles. The summed E-state index contributed by atoms with van der Waals surface area (Å²) in [7, 11) is 0. The summed E-state index contributed by atoms with van der Waals surface area (Å²) < 4.78 is 0. The summed E-state index contributed by atoms with van der Waals surface area (Å²) in [6.07, 6.45) is 8.63. The van der Waals surface area contributed by atoms with E-state index in [1.165, 1.54) is 0 Å². The third-order valence-electron chi connectivity index (χ3n) is 6.18. The van der Waals surface area contributed by atoms with Gasteiger partial charge in [0.2, 0.25) is 11.8 Å². The van der Waals surface area contributed by atoms with Crippen molar-refractivity contribution in [1.29, 1.82) is 0 Å². The minimum Gasteiger partial charge on any atom is -0.353 e. The second-order valence-corrected chi connectivity index (χ2v) is 9.29. The van der Waals surface area contributed by atoms with E-state index in [1.54, 1.807) is 18.0 Å². The molecule has 1 N–H and O–H groups in total. The number of nitrogens with zero attached hydrogens (tertiary/aromatic N) is 3. The van der Waals surface area contributed by atoms with Gasteiger partial charge in [-0.2, -0.15) is 11.8 Å². The third kappa shape index (κ3) is 6.11. The lowest BCUT2D eigenvalue weighted by Gasteiger charge is -2.37. The molecule has 1 atom stereocenters. The minimum atomic E-state index is -0.407. The molecule has 1 aliphatic heterocycles. The fourth-order valence-electron chi connectivity index (χ4n) is 4.22. The number of pyridine rings is 1. The van der Waals surface area contributed by atoms with Gasteiger partial charge in [0.15, 0.2) is 0 Å². The van der Waals surface area contributed by atoms with Crippen molar-refractivity contribution in [3.63, 3.8) is 0 Å². The van der Waals surface area contributed by atoms with Crippen LogP contribution in [-0.2, 0) is 9.59 Å². The van der Waals surface area contributed by atoms with Crippen molar-refractivity contribution < 1.29 is 9.59 Å².